The van der Waals surface area contributed by atoms with Crippen molar-refractivity contribution < 1.29 is 27.1 Å². The van der Waals surface area contributed by atoms with Gasteiger partial charge in [-0.1, -0.05) is 12.1 Å². The maximum absolute atomic E-state index is 14.7. The molecule has 33 heavy (non-hydrogen) atoms. The Kier molecular flexibility index (Phi) is 6.66. The van der Waals surface area contributed by atoms with Gasteiger partial charge in [-0.15, -0.1) is 11.3 Å². The first-order valence-corrected chi connectivity index (χ1v) is 11.1. The van der Waals surface area contributed by atoms with Crippen molar-refractivity contribution in [3.63, 3.8) is 0 Å². The van der Waals surface area contributed by atoms with Gasteiger partial charge >= 0.3 is 6.18 Å². The van der Waals surface area contributed by atoms with Gasteiger partial charge in [-0.05, 0) is 36.9 Å². The number of likely N-dealkylation sites (N-methyl/N-ethyl adjacent to an activating group) is 1. The van der Waals surface area contributed by atoms with E-state index in [-0.39, 0.29) is 23.8 Å². The van der Waals surface area contributed by atoms with Crippen LogP contribution in [0.3, 0.4) is 0 Å². The number of carbonyl (C=O) groups excluding carboxylic acids is 1. The van der Waals surface area contributed by atoms with Crippen LogP contribution in [0, 0.1) is 5.82 Å². The molecule has 3 aromatic rings. The first-order valence-electron chi connectivity index (χ1n) is 10.2. The molecule has 10 heteroatoms. The summed E-state index contributed by atoms with van der Waals surface area (Å²) in [6, 6.07) is 8.87. The lowest BCUT2D eigenvalue weighted by Gasteiger charge is -2.31. The Morgan fingerprint density at radius 1 is 1.09 bits per heavy atom. The second-order valence-corrected chi connectivity index (χ2v) is 8.62. The number of alkyl halides is 3. The van der Waals surface area contributed by atoms with E-state index in [4.69, 9.17) is 4.74 Å². The zero-order chi connectivity index (χ0) is 23.6. The van der Waals surface area contributed by atoms with Crippen LogP contribution in [0.5, 0.6) is 5.75 Å². The highest BCUT2D eigenvalue weighted by molar-refractivity contribution is 7.13. The number of thiazole rings is 1. The minimum absolute atomic E-state index is 0.00213. The summed E-state index contributed by atoms with van der Waals surface area (Å²) in [6.45, 7) is 2.84. The van der Waals surface area contributed by atoms with Gasteiger partial charge in [0.25, 0.3) is 5.91 Å². The number of benzene rings is 2. The fourth-order valence-electron chi connectivity index (χ4n) is 3.38. The Balaban J connectivity index is 1.40. The normalized spacial score (nSPS) is 15.0. The number of nitrogens with zero attached hydrogens (tertiary/aromatic N) is 3. The van der Waals surface area contributed by atoms with Crippen molar-refractivity contribution in [3.8, 4) is 16.3 Å². The number of rotatable bonds is 5. The Labute approximate surface area is 192 Å². The third-order valence-corrected chi connectivity index (χ3v) is 6.25. The molecule has 1 saturated heterocycles. The molecule has 0 saturated carbocycles. The highest BCUT2D eigenvalue weighted by atomic mass is 32.1. The third kappa shape index (κ3) is 5.51. The standard InChI is InChI=1S/C23H21F4N3O2S/c1-29-8-10-30(11-9-29)22(31)20-14-33-21(28-20)18-7-6-17(12-19(18)24)32-13-15-2-4-16(5-3-15)23(25,26)27/h2-7,12,14H,8-11,13H2,1H3. The van der Waals surface area contributed by atoms with E-state index in [0.29, 0.717) is 29.4 Å². The molecule has 1 aliphatic heterocycles. The third-order valence-electron chi connectivity index (χ3n) is 5.37. The van der Waals surface area contributed by atoms with Crippen LogP contribution in [-0.2, 0) is 12.8 Å². The van der Waals surface area contributed by atoms with E-state index < -0.39 is 17.6 Å². The minimum atomic E-state index is -4.40. The molecule has 0 spiro atoms. The van der Waals surface area contributed by atoms with Gasteiger partial charge in [0.2, 0.25) is 0 Å². The van der Waals surface area contributed by atoms with E-state index in [9.17, 15) is 22.4 Å². The van der Waals surface area contributed by atoms with Crippen molar-refractivity contribution in [1.82, 2.24) is 14.8 Å². The Bertz CT molecular complexity index is 1120. The summed E-state index contributed by atoms with van der Waals surface area (Å²) >= 11 is 1.19. The van der Waals surface area contributed by atoms with Gasteiger partial charge < -0.3 is 14.5 Å². The lowest BCUT2D eigenvalue weighted by molar-refractivity contribution is -0.137. The predicted molar refractivity (Wildman–Crippen MR) is 117 cm³/mol. The smallest absolute Gasteiger partial charge is 0.416 e. The maximum atomic E-state index is 14.7. The summed E-state index contributed by atoms with van der Waals surface area (Å²) in [5, 5.41) is 2.02. The molecule has 0 unspecified atom stereocenters. The van der Waals surface area contributed by atoms with Crippen molar-refractivity contribution in [3.05, 3.63) is 70.5 Å². The van der Waals surface area contributed by atoms with Gasteiger partial charge in [0, 0.05) is 43.2 Å². The van der Waals surface area contributed by atoms with Gasteiger partial charge in [-0.2, -0.15) is 13.2 Å². The quantitative estimate of drug-likeness (QED) is 0.487. The average molecular weight is 479 g/mol. The van der Waals surface area contributed by atoms with Crippen LogP contribution in [0.2, 0.25) is 0 Å². The van der Waals surface area contributed by atoms with Gasteiger partial charge in [0.05, 0.1) is 5.56 Å². The van der Waals surface area contributed by atoms with Crippen LogP contribution in [0.25, 0.3) is 10.6 Å². The number of aromatic nitrogens is 1. The summed E-state index contributed by atoms with van der Waals surface area (Å²) in [5.41, 5.74) is 0.330. The molecular formula is C23H21F4N3O2S. The number of piperazine rings is 1. The van der Waals surface area contributed by atoms with E-state index in [2.05, 4.69) is 9.88 Å². The molecule has 0 atom stereocenters. The molecule has 0 radical (unpaired) electrons. The summed E-state index contributed by atoms with van der Waals surface area (Å²) in [7, 11) is 2.00. The second-order valence-electron chi connectivity index (χ2n) is 7.76. The lowest BCUT2D eigenvalue weighted by Crippen LogP contribution is -2.47. The molecule has 174 valence electrons. The molecule has 0 bridgehead atoms. The van der Waals surface area contributed by atoms with Crippen molar-refractivity contribution in [2.75, 3.05) is 33.2 Å². The highest BCUT2D eigenvalue weighted by Gasteiger charge is 2.30. The van der Waals surface area contributed by atoms with Gasteiger partial charge in [0.15, 0.2) is 0 Å². The molecule has 1 aliphatic rings. The molecule has 1 aromatic heterocycles. The fraction of sp³-hybridized carbons (Fsp3) is 0.304. The average Bonchev–Trinajstić information content (AvgIpc) is 3.27. The predicted octanol–water partition coefficient (Wildman–Crippen LogP) is 4.93. The molecule has 1 fully saturated rings. The SMILES string of the molecule is CN1CCN(C(=O)c2csc(-c3ccc(OCc4ccc(C(F)(F)F)cc4)cc3F)n2)CC1. The number of hydrogen-bond acceptors (Lipinski definition) is 5. The summed E-state index contributed by atoms with van der Waals surface area (Å²) in [6.07, 6.45) is -4.40. The van der Waals surface area contributed by atoms with Gasteiger partial charge in [0.1, 0.15) is 28.9 Å². The molecule has 0 N–H and O–H groups in total. The zero-order valence-electron chi connectivity index (χ0n) is 17.7. The molecule has 2 heterocycles. The summed E-state index contributed by atoms with van der Waals surface area (Å²) in [4.78, 5) is 20.9. The number of amides is 1. The van der Waals surface area contributed by atoms with Gasteiger partial charge in [-0.25, -0.2) is 9.37 Å². The van der Waals surface area contributed by atoms with E-state index in [1.165, 1.54) is 35.6 Å². The summed E-state index contributed by atoms with van der Waals surface area (Å²) < 4.78 is 58.2. The van der Waals surface area contributed by atoms with Crippen LogP contribution in [0.1, 0.15) is 21.6 Å². The van der Waals surface area contributed by atoms with Crippen LogP contribution in [0.4, 0.5) is 17.6 Å². The molecule has 0 aliphatic carbocycles. The molecule has 5 nitrogen and oxygen atoms in total. The Hall–Kier alpha value is -2.98. The Morgan fingerprint density at radius 2 is 1.79 bits per heavy atom. The van der Waals surface area contributed by atoms with Crippen LogP contribution in [0.15, 0.2) is 47.8 Å². The monoisotopic (exact) mass is 479 g/mol. The van der Waals surface area contributed by atoms with Crippen LogP contribution in [-0.4, -0.2) is 53.9 Å². The number of hydrogen-bond donors (Lipinski definition) is 0. The van der Waals surface area contributed by atoms with E-state index in [1.54, 1.807) is 16.3 Å². The van der Waals surface area contributed by atoms with Crippen molar-refractivity contribution in [2.24, 2.45) is 0 Å². The van der Waals surface area contributed by atoms with Crippen LogP contribution < -0.4 is 4.74 Å². The number of carbonyl (C=O) groups is 1. The first-order chi connectivity index (χ1) is 15.7. The molecule has 4 rings (SSSR count). The minimum Gasteiger partial charge on any atom is -0.489 e. The van der Waals surface area contributed by atoms with E-state index in [1.807, 2.05) is 7.05 Å². The van der Waals surface area contributed by atoms with Crippen molar-refractivity contribution >= 4 is 17.2 Å². The lowest BCUT2D eigenvalue weighted by atomic mass is 10.1. The number of ether oxygens (including phenoxy) is 1. The molecule has 1 amide bonds. The Morgan fingerprint density at radius 3 is 2.42 bits per heavy atom. The highest BCUT2D eigenvalue weighted by Crippen LogP contribution is 2.31. The molecule has 2 aromatic carbocycles. The largest absolute Gasteiger partial charge is 0.489 e. The molecular weight excluding hydrogens is 458 g/mol. The first kappa shape index (κ1) is 23.2. The topological polar surface area (TPSA) is 45.7 Å². The van der Waals surface area contributed by atoms with Gasteiger partial charge in [-0.3, -0.25) is 4.79 Å². The maximum Gasteiger partial charge on any atom is 0.416 e. The zero-order valence-corrected chi connectivity index (χ0v) is 18.5. The van der Waals surface area contributed by atoms with E-state index >= 15 is 0 Å². The second kappa shape index (κ2) is 9.48. The number of halogens is 4. The van der Waals surface area contributed by atoms with Crippen molar-refractivity contribution in [2.45, 2.75) is 12.8 Å². The fourth-order valence-corrected chi connectivity index (χ4v) is 4.20. The van der Waals surface area contributed by atoms with Crippen molar-refractivity contribution in [1.29, 1.82) is 0 Å². The summed E-state index contributed by atoms with van der Waals surface area (Å²) in [5.74, 6) is -0.489. The van der Waals surface area contributed by atoms with E-state index in [0.717, 1.165) is 25.2 Å². The van der Waals surface area contributed by atoms with Crippen LogP contribution >= 0.6 is 11.3 Å².